The predicted octanol–water partition coefficient (Wildman–Crippen LogP) is 3.20. The van der Waals surface area contributed by atoms with Gasteiger partial charge in [0.2, 0.25) is 5.76 Å². The van der Waals surface area contributed by atoms with E-state index in [0.717, 1.165) is 31.5 Å². The SMILES string of the molecule is CN1CCC(OC(=O)c2ccc(-c3ccccc3)o2)CC1. The topological polar surface area (TPSA) is 42.7 Å². The van der Waals surface area contributed by atoms with E-state index >= 15 is 0 Å². The quantitative estimate of drug-likeness (QED) is 0.812. The Labute approximate surface area is 124 Å². The number of benzene rings is 1. The summed E-state index contributed by atoms with van der Waals surface area (Å²) in [5.74, 6) is 0.588. The molecule has 4 heteroatoms. The lowest BCUT2D eigenvalue weighted by Gasteiger charge is -2.28. The van der Waals surface area contributed by atoms with Gasteiger partial charge in [-0.3, -0.25) is 0 Å². The highest BCUT2D eigenvalue weighted by molar-refractivity contribution is 5.87. The van der Waals surface area contributed by atoms with E-state index in [9.17, 15) is 4.79 Å². The van der Waals surface area contributed by atoms with Crippen molar-refractivity contribution in [3.63, 3.8) is 0 Å². The first-order valence-corrected chi connectivity index (χ1v) is 7.27. The maximum absolute atomic E-state index is 12.1. The van der Waals surface area contributed by atoms with Gasteiger partial charge in [-0.2, -0.15) is 0 Å². The molecule has 1 saturated heterocycles. The second-order valence-electron chi connectivity index (χ2n) is 5.44. The molecule has 0 atom stereocenters. The number of rotatable bonds is 3. The number of hydrogen-bond acceptors (Lipinski definition) is 4. The van der Waals surface area contributed by atoms with Crippen LogP contribution in [-0.4, -0.2) is 37.1 Å². The maximum atomic E-state index is 12.1. The Bertz CT molecular complexity index is 598. The normalized spacial score (nSPS) is 16.8. The average Bonchev–Trinajstić information content (AvgIpc) is 3.00. The first-order chi connectivity index (χ1) is 10.2. The molecule has 21 heavy (non-hydrogen) atoms. The molecule has 0 saturated carbocycles. The highest BCUT2D eigenvalue weighted by Crippen LogP contribution is 2.23. The number of ether oxygens (including phenoxy) is 1. The number of likely N-dealkylation sites (tertiary alicyclic amines) is 1. The number of hydrogen-bond donors (Lipinski definition) is 0. The van der Waals surface area contributed by atoms with Gasteiger partial charge in [0.15, 0.2) is 0 Å². The predicted molar refractivity (Wildman–Crippen MR) is 80.1 cm³/mol. The first kappa shape index (κ1) is 13.9. The van der Waals surface area contributed by atoms with Crippen molar-refractivity contribution in [2.45, 2.75) is 18.9 Å². The Morgan fingerprint density at radius 2 is 1.86 bits per heavy atom. The summed E-state index contributed by atoms with van der Waals surface area (Å²) < 4.78 is 11.1. The van der Waals surface area contributed by atoms with Crippen molar-refractivity contribution >= 4 is 5.97 Å². The van der Waals surface area contributed by atoms with Gasteiger partial charge >= 0.3 is 5.97 Å². The van der Waals surface area contributed by atoms with Crippen LogP contribution in [0.25, 0.3) is 11.3 Å². The van der Waals surface area contributed by atoms with Crippen molar-refractivity contribution in [1.29, 1.82) is 0 Å². The molecule has 2 aromatic rings. The molecule has 1 aromatic heterocycles. The molecule has 0 amide bonds. The molecule has 0 aliphatic carbocycles. The molecule has 4 nitrogen and oxygen atoms in total. The van der Waals surface area contributed by atoms with Gasteiger partial charge in [0, 0.05) is 18.7 Å². The fourth-order valence-corrected chi connectivity index (χ4v) is 2.52. The second kappa shape index (κ2) is 6.14. The molecule has 1 aliphatic heterocycles. The molecule has 0 radical (unpaired) electrons. The summed E-state index contributed by atoms with van der Waals surface area (Å²) in [6.07, 6.45) is 1.77. The molecule has 0 unspecified atom stereocenters. The minimum atomic E-state index is -0.369. The van der Waals surface area contributed by atoms with E-state index in [2.05, 4.69) is 11.9 Å². The zero-order chi connectivity index (χ0) is 14.7. The van der Waals surface area contributed by atoms with Crippen molar-refractivity contribution in [2.75, 3.05) is 20.1 Å². The van der Waals surface area contributed by atoms with E-state index in [1.165, 1.54) is 0 Å². The fourth-order valence-electron chi connectivity index (χ4n) is 2.52. The number of piperidine rings is 1. The number of carbonyl (C=O) groups excluding carboxylic acids is 1. The van der Waals surface area contributed by atoms with E-state index in [1.54, 1.807) is 12.1 Å². The molecule has 0 N–H and O–H groups in total. The lowest BCUT2D eigenvalue weighted by atomic mass is 10.1. The third-order valence-electron chi connectivity index (χ3n) is 3.80. The van der Waals surface area contributed by atoms with Gasteiger partial charge in [-0.1, -0.05) is 30.3 Å². The minimum absolute atomic E-state index is 0.000949. The van der Waals surface area contributed by atoms with Crippen molar-refractivity contribution in [3.8, 4) is 11.3 Å². The highest BCUT2D eigenvalue weighted by Gasteiger charge is 2.22. The Kier molecular flexibility index (Phi) is 4.06. The van der Waals surface area contributed by atoms with E-state index in [-0.39, 0.29) is 17.8 Å². The summed E-state index contributed by atoms with van der Waals surface area (Å²) in [5, 5.41) is 0. The van der Waals surface area contributed by atoms with Crippen LogP contribution in [0.1, 0.15) is 23.4 Å². The standard InChI is InChI=1S/C17H19NO3/c1-18-11-9-14(10-12-18)20-17(19)16-8-7-15(21-16)13-5-3-2-4-6-13/h2-8,14H,9-12H2,1H3. The van der Waals surface area contributed by atoms with Gasteiger partial charge in [-0.15, -0.1) is 0 Å². The van der Waals surface area contributed by atoms with Crippen LogP contribution in [0.3, 0.4) is 0 Å². The Hall–Kier alpha value is -2.07. The van der Waals surface area contributed by atoms with E-state index in [4.69, 9.17) is 9.15 Å². The van der Waals surface area contributed by atoms with Crippen molar-refractivity contribution < 1.29 is 13.9 Å². The molecule has 110 valence electrons. The summed E-state index contributed by atoms with van der Waals surface area (Å²) in [6.45, 7) is 1.93. The first-order valence-electron chi connectivity index (χ1n) is 7.27. The van der Waals surface area contributed by atoms with Crippen LogP contribution in [0.2, 0.25) is 0 Å². The van der Waals surface area contributed by atoms with Crippen LogP contribution >= 0.6 is 0 Å². The average molecular weight is 285 g/mol. The zero-order valence-corrected chi connectivity index (χ0v) is 12.1. The van der Waals surface area contributed by atoms with Crippen LogP contribution in [0.4, 0.5) is 0 Å². The lowest BCUT2D eigenvalue weighted by Crippen LogP contribution is -2.35. The molecule has 1 aliphatic rings. The third-order valence-corrected chi connectivity index (χ3v) is 3.80. The van der Waals surface area contributed by atoms with Gasteiger partial charge in [0.05, 0.1) is 0 Å². The zero-order valence-electron chi connectivity index (χ0n) is 12.1. The summed E-state index contributed by atoms with van der Waals surface area (Å²) in [6, 6.07) is 13.2. The van der Waals surface area contributed by atoms with Crippen LogP contribution in [0.5, 0.6) is 0 Å². The molecule has 1 aromatic carbocycles. The summed E-state index contributed by atoms with van der Waals surface area (Å²) in [5.41, 5.74) is 0.954. The van der Waals surface area contributed by atoms with Crippen LogP contribution < -0.4 is 0 Å². The van der Waals surface area contributed by atoms with Crippen LogP contribution in [0.15, 0.2) is 46.9 Å². The summed E-state index contributed by atoms with van der Waals surface area (Å²) in [4.78, 5) is 14.4. The second-order valence-corrected chi connectivity index (χ2v) is 5.44. The van der Waals surface area contributed by atoms with E-state index in [0.29, 0.717) is 5.76 Å². The Balaban J connectivity index is 1.64. The fraction of sp³-hybridized carbons (Fsp3) is 0.353. The number of furan rings is 1. The molecular formula is C17H19NO3. The third kappa shape index (κ3) is 3.34. The van der Waals surface area contributed by atoms with Gasteiger partial charge in [0.1, 0.15) is 11.9 Å². The smallest absolute Gasteiger partial charge is 0.374 e. The maximum Gasteiger partial charge on any atom is 0.374 e. The van der Waals surface area contributed by atoms with Crippen molar-refractivity contribution in [1.82, 2.24) is 4.90 Å². The Morgan fingerprint density at radius 3 is 2.57 bits per heavy atom. The van der Waals surface area contributed by atoms with Crippen molar-refractivity contribution in [3.05, 3.63) is 48.2 Å². The van der Waals surface area contributed by atoms with Gasteiger partial charge in [-0.25, -0.2) is 4.79 Å². The van der Waals surface area contributed by atoms with Gasteiger partial charge in [0.25, 0.3) is 0 Å². The van der Waals surface area contributed by atoms with E-state index < -0.39 is 0 Å². The molecule has 0 bridgehead atoms. The lowest BCUT2D eigenvalue weighted by molar-refractivity contribution is 0.0108. The molecule has 0 spiro atoms. The minimum Gasteiger partial charge on any atom is -0.456 e. The highest BCUT2D eigenvalue weighted by atomic mass is 16.6. The number of carbonyl (C=O) groups is 1. The molecule has 2 heterocycles. The largest absolute Gasteiger partial charge is 0.456 e. The molecular weight excluding hydrogens is 266 g/mol. The van der Waals surface area contributed by atoms with Gasteiger partial charge < -0.3 is 14.1 Å². The Morgan fingerprint density at radius 1 is 1.14 bits per heavy atom. The van der Waals surface area contributed by atoms with Crippen LogP contribution in [-0.2, 0) is 4.74 Å². The molecule has 3 rings (SSSR count). The van der Waals surface area contributed by atoms with Crippen molar-refractivity contribution in [2.24, 2.45) is 0 Å². The number of nitrogens with zero attached hydrogens (tertiary/aromatic N) is 1. The number of esters is 1. The monoisotopic (exact) mass is 285 g/mol. The summed E-state index contributed by atoms with van der Waals surface area (Å²) >= 11 is 0. The van der Waals surface area contributed by atoms with Crippen LogP contribution in [0, 0.1) is 0 Å². The molecule has 1 fully saturated rings. The van der Waals surface area contributed by atoms with Gasteiger partial charge in [-0.05, 0) is 32.0 Å². The van der Waals surface area contributed by atoms with E-state index in [1.807, 2.05) is 30.3 Å². The summed E-state index contributed by atoms with van der Waals surface area (Å²) in [7, 11) is 2.08.